The Bertz CT molecular complexity index is 887. The smallest absolute Gasteiger partial charge is 0.248 e. The van der Waals surface area contributed by atoms with E-state index in [4.69, 9.17) is 5.73 Å². The number of amides is 1. The molecule has 0 unspecified atom stereocenters. The first-order chi connectivity index (χ1) is 12.1. The first-order valence-electron chi connectivity index (χ1n) is 8.11. The van der Waals surface area contributed by atoms with E-state index in [-0.39, 0.29) is 0 Å². The number of carbonyl (C=O) groups excluding carboxylic acids is 1. The molecule has 2 N–H and O–H groups in total. The molecule has 0 aliphatic carbocycles. The highest BCUT2D eigenvalue weighted by Gasteiger charge is 2.14. The van der Waals surface area contributed by atoms with Crippen LogP contribution in [0.2, 0.25) is 0 Å². The van der Waals surface area contributed by atoms with Gasteiger partial charge in [0.25, 0.3) is 0 Å². The van der Waals surface area contributed by atoms with Crippen molar-refractivity contribution in [1.82, 2.24) is 14.8 Å². The second-order valence-corrected chi connectivity index (χ2v) is 6.66. The largest absolute Gasteiger partial charge is 0.366 e. The van der Waals surface area contributed by atoms with Gasteiger partial charge in [-0.25, -0.2) is 0 Å². The molecule has 1 heterocycles. The number of aryl methyl sites for hydroxylation is 1. The molecule has 0 saturated carbocycles. The van der Waals surface area contributed by atoms with Gasteiger partial charge in [0.2, 0.25) is 5.91 Å². The van der Waals surface area contributed by atoms with Gasteiger partial charge in [0.15, 0.2) is 11.0 Å². The molecule has 1 aromatic heterocycles. The van der Waals surface area contributed by atoms with Crippen LogP contribution in [0.25, 0.3) is 11.4 Å². The molecule has 1 amide bonds. The van der Waals surface area contributed by atoms with Gasteiger partial charge < -0.3 is 10.3 Å². The summed E-state index contributed by atoms with van der Waals surface area (Å²) in [5, 5.41) is 9.65. The summed E-state index contributed by atoms with van der Waals surface area (Å²) in [5.74, 6) is 1.24. The number of thioether (sulfide) groups is 1. The number of carbonyl (C=O) groups is 1. The zero-order valence-electron chi connectivity index (χ0n) is 14.3. The van der Waals surface area contributed by atoms with E-state index in [2.05, 4.69) is 40.7 Å². The summed E-state index contributed by atoms with van der Waals surface area (Å²) in [7, 11) is 0. The van der Waals surface area contributed by atoms with Crippen LogP contribution in [0.1, 0.15) is 28.4 Å². The fourth-order valence-electron chi connectivity index (χ4n) is 2.62. The number of nitrogens with two attached hydrogens (primary N) is 1. The summed E-state index contributed by atoms with van der Waals surface area (Å²) in [6, 6.07) is 15.5. The quantitative estimate of drug-likeness (QED) is 0.687. The fourth-order valence-corrected chi connectivity index (χ4v) is 3.57. The second-order valence-electron chi connectivity index (χ2n) is 5.72. The highest BCUT2D eigenvalue weighted by atomic mass is 32.2. The maximum Gasteiger partial charge on any atom is 0.248 e. The summed E-state index contributed by atoms with van der Waals surface area (Å²) in [5.41, 5.74) is 9.19. The summed E-state index contributed by atoms with van der Waals surface area (Å²) < 4.78 is 2.13. The molecule has 5 nitrogen and oxygen atoms in total. The van der Waals surface area contributed by atoms with Gasteiger partial charge in [0.05, 0.1) is 0 Å². The Labute approximate surface area is 151 Å². The Morgan fingerprint density at radius 2 is 1.84 bits per heavy atom. The van der Waals surface area contributed by atoms with Crippen molar-refractivity contribution >= 4 is 17.7 Å². The lowest BCUT2D eigenvalue weighted by molar-refractivity contribution is 0.100. The molecule has 0 aliphatic rings. The Kier molecular flexibility index (Phi) is 5.19. The van der Waals surface area contributed by atoms with Gasteiger partial charge in [-0.15, -0.1) is 10.2 Å². The minimum atomic E-state index is -0.409. The average Bonchev–Trinajstić information content (AvgIpc) is 3.03. The van der Waals surface area contributed by atoms with Crippen LogP contribution in [0.3, 0.4) is 0 Å². The lowest BCUT2D eigenvalue weighted by atomic mass is 10.1. The number of hydrogen-bond acceptors (Lipinski definition) is 4. The van der Waals surface area contributed by atoms with Crippen molar-refractivity contribution in [2.24, 2.45) is 5.73 Å². The van der Waals surface area contributed by atoms with Crippen molar-refractivity contribution in [2.75, 3.05) is 0 Å². The van der Waals surface area contributed by atoms with Crippen LogP contribution < -0.4 is 5.73 Å². The normalized spacial score (nSPS) is 10.8. The van der Waals surface area contributed by atoms with E-state index in [9.17, 15) is 4.79 Å². The Hall–Kier alpha value is -2.60. The highest BCUT2D eigenvalue weighted by Crippen LogP contribution is 2.28. The summed E-state index contributed by atoms with van der Waals surface area (Å²) >= 11 is 1.63. The van der Waals surface area contributed by atoms with E-state index < -0.39 is 5.91 Å². The predicted octanol–water partition coefficient (Wildman–Crippen LogP) is 3.66. The van der Waals surface area contributed by atoms with E-state index in [0.29, 0.717) is 5.56 Å². The molecule has 0 spiro atoms. The number of nitrogens with zero attached hydrogens (tertiary/aromatic N) is 3. The van der Waals surface area contributed by atoms with Gasteiger partial charge >= 0.3 is 0 Å². The molecule has 0 radical (unpaired) electrons. The Morgan fingerprint density at radius 1 is 1.12 bits per heavy atom. The molecule has 2 aromatic carbocycles. The van der Waals surface area contributed by atoms with Crippen LogP contribution in [0.4, 0.5) is 0 Å². The van der Waals surface area contributed by atoms with Gasteiger partial charge in [0, 0.05) is 23.4 Å². The van der Waals surface area contributed by atoms with Crippen molar-refractivity contribution in [1.29, 1.82) is 0 Å². The van der Waals surface area contributed by atoms with Gasteiger partial charge in [0.1, 0.15) is 0 Å². The molecule has 0 saturated heterocycles. The Balaban J connectivity index is 1.79. The van der Waals surface area contributed by atoms with Crippen LogP contribution in [0.15, 0.2) is 53.7 Å². The molecule has 0 aliphatic heterocycles. The molecular formula is C19H20N4OS. The van der Waals surface area contributed by atoms with Crippen LogP contribution in [0.5, 0.6) is 0 Å². The Morgan fingerprint density at radius 3 is 2.48 bits per heavy atom. The van der Waals surface area contributed by atoms with Crippen molar-refractivity contribution in [3.05, 3.63) is 65.2 Å². The number of primary amides is 1. The summed E-state index contributed by atoms with van der Waals surface area (Å²) in [6.45, 7) is 4.98. The zero-order valence-corrected chi connectivity index (χ0v) is 15.1. The van der Waals surface area contributed by atoms with Crippen molar-refractivity contribution < 1.29 is 4.79 Å². The minimum Gasteiger partial charge on any atom is -0.366 e. The molecule has 0 fully saturated rings. The molecule has 3 aromatic rings. The third-order valence-electron chi connectivity index (χ3n) is 4.03. The summed E-state index contributed by atoms with van der Waals surface area (Å²) in [4.78, 5) is 11.1. The molecular weight excluding hydrogens is 332 g/mol. The van der Waals surface area contributed by atoms with Crippen LogP contribution in [-0.2, 0) is 12.3 Å². The molecule has 6 heteroatoms. The van der Waals surface area contributed by atoms with Gasteiger partial charge in [-0.05, 0) is 37.1 Å². The molecule has 3 rings (SSSR count). The number of rotatable bonds is 6. The van der Waals surface area contributed by atoms with E-state index in [1.807, 2.05) is 24.3 Å². The predicted molar refractivity (Wildman–Crippen MR) is 100 cm³/mol. The van der Waals surface area contributed by atoms with Gasteiger partial charge in [-0.1, -0.05) is 48.2 Å². The lowest BCUT2D eigenvalue weighted by Gasteiger charge is -2.09. The van der Waals surface area contributed by atoms with E-state index in [1.54, 1.807) is 23.9 Å². The van der Waals surface area contributed by atoms with Gasteiger partial charge in [-0.2, -0.15) is 0 Å². The van der Waals surface area contributed by atoms with E-state index in [1.165, 1.54) is 5.56 Å². The minimum absolute atomic E-state index is 0.409. The van der Waals surface area contributed by atoms with E-state index in [0.717, 1.165) is 34.4 Å². The zero-order chi connectivity index (χ0) is 17.8. The van der Waals surface area contributed by atoms with Crippen LogP contribution >= 0.6 is 11.8 Å². The molecule has 0 atom stereocenters. The maximum absolute atomic E-state index is 11.1. The number of benzene rings is 2. The number of hydrogen-bond donors (Lipinski definition) is 1. The molecule has 128 valence electrons. The van der Waals surface area contributed by atoms with Crippen molar-refractivity contribution in [2.45, 2.75) is 31.3 Å². The van der Waals surface area contributed by atoms with Crippen molar-refractivity contribution in [3.8, 4) is 11.4 Å². The molecule has 25 heavy (non-hydrogen) atoms. The fraction of sp³-hybridized carbons (Fsp3) is 0.211. The first-order valence-corrected chi connectivity index (χ1v) is 9.09. The van der Waals surface area contributed by atoms with Crippen LogP contribution in [-0.4, -0.2) is 20.7 Å². The van der Waals surface area contributed by atoms with Crippen LogP contribution in [0, 0.1) is 6.92 Å². The highest BCUT2D eigenvalue weighted by molar-refractivity contribution is 7.98. The average molecular weight is 352 g/mol. The third kappa shape index (κ3) is 3.74. The monoisotopic (exact) mass is 352 g/mol. The summed E-state index contributed by atoms with van der Waals surface area (Å²) in [6.07, 6.45) is 0. The topological polar surface area (TPSA) is 73.8 Å². The SMILES string of the molecule is CCn1c(SCc2ccc(C(N)=O)cc2)nnc1-c1ccccc1C. The van der Waals surface area contributed by atoms with E-state index >= 15 is 0 Å². The number of aromatic nitrogens is 3. The second kappa shape index (κ2) is 7.53. The molecule has 0 bridgehead atoms. The van der Waals surface area contributed by atoms with Gasteiger partial charge in [-0.3, -0.25) is 4.79 Å². The maximum atomic E-state index is 11.1. The first kappa shape index (κ1) is 17.2. The van der Waals surface area contributed by atoms with Crippen molar-refractivity contribution in [3.63, 3.8) is 0 Å². The third-order valence-corrected chi connectivity index (χ3v) is 5.06. The standard InChI is InChI=1S/C19H20N4OS/c1-3-23-18(16-7-5-4-6-13(16)2)21-22-19(23)25-12-14-8-10-15(11-9-14)17(20)24/h4-11H,3,12H2,1-2H3,(H2,20,24). The lowest BCUT2D eigenvalue weighted by Crippen LogP contribution is -2.10.